The van der Waals surface area contributed by atoms with Crippen molar-refractivity contribution >= 4 is 23.4 Å². The third-order valence-electron chi connectivity index (χ3n) is 6.68. The number of anilines is 1. The largest absolute Gasteiger partial charge is 0.497 e. The van der Waals surface area contributed by atoms with Crippen LogP contribution in [0.4, 0.5) is 5.69 Å². The quantitative estimate of drug-likeness (QED) is 0.709. The molecule has 0 aliphatic carbocycles. The van der Waals surface area contributed by atoms with Gasteiger partial charge >= 0.3 is 0 Å². The highest BCUT2D eigenvalue weighted by molar-refractivity contribution is 6.01. The number of amides is 3. The maximum absolute atomic E-state index is 13.2. The molecule has 0 aromatic heterocycles. The number of carbonyl (C=O) groups is 3. The van der Waals surface area contributed by atoms with E-state index in [1.54, 1.807) is 37.3 Å². The first kappa shape index (κ1) is 23.6. The first-order chi connectivity index (χ1) is 16.4. The number of hydrogen-bond donors (Lipinski definition) is 1. The number of carbonyl (C=O) groups excluding carboxylic acids is 3. The standard InChI is InChI=1S/C26H31N3O5/c1-17-6-4-5-7-21(17)25(31)27-19-10-12-28(13-11-19)26(32)18-14-24(30)29(16-18)22-15-20(33-2)8-9-23(22)34-3/h4-9,15,18-19H,10-14,16H2,1-3H3,(H,27,31). The van der Waals surface area contributed by atoms with Crippen LogP contribution in [0.15, 0.2) is 42.5 Å². The van der Waals surface area contributed by atoms with Crippen molar-refractivity contribution < 1.29 is 23.9 Å². The van der Waals surface area contributed by atoms with E-state index in [-0.39, 0.29) is 30.2 Å². The zero-order valence-corrected chi connectivity index (χ0v) is 19.9. The molecule has 2 saturated heterocycles. The summed E-state index contributed by atoms with van der Waals surface area (Å²) in [6.45, 7) is 3.35. The highest BCUT2D eigenvalue weighted by atomic mass is 16.5. The van der Waals surface area contributed by atoms with Crippen LogP contribution in [-0.2, 0) is 9.59 Å². The van der Waals surface area contributed by atoms with Crippen molar-refractivity contribution in [2.24, 2.45) is 5.92 Å². The highest BCUT2D eigenvalue weighted by Crippen LogP contribution is 2.36. The van der Waals surface area contributed by atoms with Gasteiger partial charge in [-0.05, 0) is 43.5 Å². The summed E-state index contributed by atoms with van der Waals surface area (Å²) in [6.07, 6.45) is 1.55. The van der Waals surface area contributed by atoms with Gasteiger partial charge in [0.25, 0.3) is 5.91 Å². The highest BCUT2D eigenvalue weighted by Gasteiger charge is 2.39. The molecule has 2 aliphatic heterocycles. The van der Waals surface area contributed by atoms with Crippen molar-refractivity contribution in [3.63, 3.8) is 0 Å². The van der Waals surface area contributed by atoms with E-state index in [1.807, 2.05) is 36.1 Å². The fourth-order valence-electron chi connectivity index (χ4n) is 4.71. The Bertz CT molecular complexity index is 1080. The Hall–Kier alpha value is -3.55. The lowest BCUT2D eigenvalue weighted by molar-refractivity contribution is -0.136. The fraction of sp³-hybridized carbons (Fsp3) is 0.423. The van der Waals surface area contributed by atoms with Gasteiger partial charge in [-0.25, -0.2) is 0 Å². The lowest BCUT2D eigenvalue weighted by atomic mass is 10.0. The third kappa shape index (κ3) is 4.85. The number of aryl methyl sites for hydroxylation is 1. The van der Waals surface area contributed by atoms with Gasteiger partial charge in [-0.15, -0.1) is 0 Å². The summed E-state index contributed by atoms with van der Waals surface area (Å²) in [6, 6.07) is 12.8. The van der Waals surface area contributed by atoms with Crippen LogP contribution in [0, 0.1) is 12.8 Å². The van der Waals surface area contributed by atoms with E-state index in [4.69, 9.17) is 9.47 Å². The van der Waals surface area contributed by atoms with E-state index >= 15 is 0 Å². The second-order valence-corrected chi connectivity index (χ2v) is 8.83. The van der Waals surface area contributed by atoms with Crippen LogP contribution < -0.4 is 19.7 Å². The van der Waals surface area contributed by atoms with Gasteiger partial charge < -0.3 is 24.6 Å². The molecular weight excluding hydrogens is 434 g/mol. The molecule has 0 bridgehead atoms. The molecule has 2 heterocycles. The molecule has 180 valence electrons. The number of rotatable bonds is 6. The lowest BCUT2D eigenvalue weighted by Crippen LogP contribution is -2.48. The summed E-state index contributed by atoms with van der Waals surface area (Å²) in [5.74, 6) is 0.584. The number of ether oxygens (including phenoxy) is 2. The summed E-state index contributed by atoms with van der Waals surface area (Å²) in [5.41, 5.74) is 2.23. The van der Waals surface area contributed by atoms with Gasteiger partial charge in [-0.2, -0.15) is 0 Å². The molecule has 8 heteroatoms. The topological polar surface area (TPSA) is 88.2 Å². The first-order valence-electron chi connectivity index (χ1n) is 11.6. The third-order valence-corrected chi connectivity index (χ3v) is 6.68. The zero-order valence-electron chi connectivity index (χ0n) is 19.9. The van der Waals surface area contributed by atoms with E-state index in [0.717, 1.165) is 5.56 Å². The molecule has 0 radical (unpaired) electrons. The molecule has 3 amide bonds. The van der Waals surface area contributed by atoms with E-state index in [2.05, 4.69) is 5.32 Å². The zero-order chi connectivity index (χ0) is 24.2. The van der Waals surface area contributed by atoms with Crippen molar-refractivity contribution in [3.05, 3.63) is 53.6 Å². The summed E-state index contributed by atoms with van der Waals surface area (Å²) >= 11 is 0. The second kappa shape index (κ2) is 10.2. The van der Waals surface area contributed by atoms with Crippen molar-refractivity contribution in [3.8, 4) is 11.5 Å². The predicted octanol–water partition coefficient (Wildman–Crippen LogP) is 2.79. The van der Waals surface area contributed by atoms with Gasteiger partial charge in [0.15, 0.2) is 0 Å². The minimum absolute atomic E-state index is 0.0126. The minimum atomic E-state index is -0.401. The van der Waals surface area contributed by atoms with Crippen molar-refractivity contribution in [1.82, 2.24) is 10.2 Å². The molecular formula is C26H31N3O5. The average Bonchev–Trinajstić information content (AvgIpc) is 3.25. The SMILES string of the molecule is COc1ccc(OC)c(N2CC(C(=O)N3CCC(NC(=O)c4ccccc4C)CC3)CC2=O)c1. The van der Waals surface area contributed by atoms with Gasteiger partial charge in [-0.3, -0.25) is 14.4 Å². The van der Waals surface area contributed by atoms with Crippen LogP contribution in [0.25, 0.3) is 0 Å². The Morgan fingerprint density at radius 1 is 1.03 bits per heavy atom. The van der Waals surface area contributed by atoms with Crippen molar-refractivity contribution in [2.45, 2.75) is 32.2 Å². The minimum Gasteiger partial charge on any atom is -0.497 e. The van der Waals surface area contributed by atoms with Crippen LogP contribution in [-0.4, -0.2) is 62.5 Å². The average molecular weight is 466 g/mol. The second-order valence-electron chi connectivity index (χ2n) is 8.83. The summed E-state index contributed by atoms with van der Waals surface area (Å²) < 4.78 is 10.7. The number of likely N-dealkylation sites (tertiary alicyclic amines) is 1. The normalized spacial score (nSPS) is 18.7. The molecule has 1 unspecified atom stereocenters. The molecule has 2 aliphatic rings. The lowest BCUT2D eigenvalue weighted by Gasteiger charge is -2.34. The molecule has 0 saturated carbocycles. The Kier molecular flexibility index (Phi) is 7.05. The molecule has 8 nitrogen and oxygen atoms in total. The summed E-state index contributed by atoms with van der Waals surface area (Å²) in [4.78, 5) is 42.0. The first-order valence-corrected chi connectivity index (χ1v) is 11.6. The molecule has 2 aromatic rings. The summed E-state index contributed by atoms with van der Waals surface area (Å²) in [7, 11) is 3.12. The number of nitrogens with one attached hydrogen (secondary N) is 1. The molecule has 2 aromatic carbocycles. The Balaban J connectivity index is 1.35. The molecule has 2 fully saturated rings. The monoisotopic (exact) mass is 465 g/mol. The molecule has 1 N–H and O–H groups in total. The number of hydrogen-bond acceptors (Lipinski definition) is 5. The maximum Gasteiger partial charge on any atom is 0.251 e. The number of benzene rings is 2. The van der Waals surface area contributed by atoms with Crippen LogP contribution in [0.5, 0.6) is 11.5 Å². The smallest absolute Gasteiger partial charge is 0.251 e. The van der Waals surface area contributed by atoms with Crippen LogP contribution >= 0.6 is 0 Å². The predicted molar refractivity (Wildman–Crippen MR) is 128 cm³/mol. The fourth-order valence-corrected chi connectivity index (χ4v) is 4.71. The molecule has 1 atom stereocenters. The van der Waals surface area contributed by atoms with Crippen molar-refractivity contribution in [2.75, 3.05) is 38.8 Å². The molecule has 4 rings (SSSR count). The van der Waals surface area contributed by atoms with Gasteiger partial charge in [0, 0.05) is 43.7 Å². The number of nitrogens with zero attached hydrogens (tertiary/aromatic N) is 2. The van der Waals surface area contributed by atoms with Crippen LogP contribution in [0.3, 0.4) is 0 Å². The molecule has 34 heavy (non-hydrogen) atoms. The van der Waals surface area contributed by atoms with Crippen LogP contribution in [0.1, 0.15) is 35.2 Å². The number of piperidine rings is 1. The maximum atomic E-state index is 13.2. The van der Waals surface area contributed by atoms with Crippen LogP contribution in [0.2, 0.25) is 0 Å². The Morgan fingerprint density at radius 2 is 1.76 bits per heavy atom. The van der Waals surface area contributed by atoms with Crippen molar-refractivity contribution in [1.29, 1.82) is 0 Å². The van der Waals surface area contributed by atoms with E-state index in [1.165, 1.54) is 0 Å². The van der Waals surface area contributed by atoms with Gasteiger partial charge in [0.2, 0.25) is 11.8 Å². The van der Waals surface area contributed by atoms with Gasteiger partial charge in [0.1, 0.15) is 11.5 Å². The van der Waals surface area contributed by atoms with Gasteiger partial charge in [-0.1, -0.05) is 18.2 Å². The molecule has 0 spiro atoms. The summed E-state index contributed by atoms with van der Waals surface area (Å²) in [5, 5.41) is 3.10. The van der Waals surface area contributed by atoms with Gasteiger partial charge in [0.05, 0.1) is 25.8 Å². The van der Waals surface area contributed by atoms with E-state index in [9.17, 15) is 14.4 Å². The Labute approximate surface area is 199 Å². The van der Waals surface area contributed by atoms with E-state index in [0.29, 0.717) is 55.2 Å². The Morgan fingerprint density at radius 3 is 2.44 bits per heavy atom. The van der Waals surface area contributed by atoms with E-state index < -0.39 is 5.92 Å². The number of methoxy groups -OCH3 is 2.